The van der Waals surface area contributed by atoms with Crippen molar-refractivity contribution in [2.45, 2.75) is 6.42 Å². The molecular weight excluding hydrogens is 415 g/mol. The number of hydrogen-bond acceptors (Lipinski definition) is 5. The molecule has 0 fully saturated rings. The van der Waals surface area contributed by atoms with Crippen LogP contribution in [0.25, 0.3) is 32.4 Å². The van der Waals surface area contributed by atoms with Crippen LogP contribution in [-0.4, -0.2) is 32.6 Å². The summed E-state index contributed by atoms with van der Waals surface area (Å²) in [5.41, 5.74) is 3.24. The van der Waals surface area contributed by atoms with Crippen LogP contribution in [0.3, 0.4) is 0 Å². The quantitative estimate of drug-likeness (QED) is 0.337. The minimum atomic E-state index is -0.974. The molecule has 154 valence electrons. The third kappa shape index (κ3) is 3.73. The second kappa shape index (κ2) is 7.81. The third-order valence-electron chi connectivity index (χ3n) is 5.12. The molecule has 2 aromatic carbocycles. The van der Waals surface area contributed by atoms with Crippen LogP contribution in [0.1, 0.15) is 15.9 Å². The number of nitrogens with zero attached hydrogens (tertiary/aromatic N) is 2. The van der Waals surface area contributed by atoms with E-state index >= 15 is 0 Å². The Hall–Kier alpha value is -3.78. The maximum absolute atomic E-state index is 14.2. The van der Waals surface area contributed by atoms with Crippen molar-refractivity contribution in [1.29, 1.82) is 0 Å². The summed E-state index contributed by atoms with van der Waals surface area (Å²) < 4.78 is 14.8. The fraction of sp³-hybridized carbons (Fsp3) is 0.0870. The van der Waals surface area contributed by atoms with E-state index in [1.54, 1.807) is 30.3 Å². The Labute approximate surface area is 180 Å². The molecule has 5 rings (SSSR count). The standard InChI is InChI=1S/C23H17FN4O2S/c24-17-9-13(8-14-5-7-31-22(14)17)4-6-25-21-11-19(26-12-27-21)20-10-16-15(23(29)30)2-1-3-18(16)28-20/h1-3,5,7-12,28H,4,6H2,(H,29,30)(H,25,26,27). The topological polar surface area (TPSA) is 90.9 Å². The average molecular weight is 432 g/mol. The van der Waals surface area contributed by atoms with Crippen LogP contribution in [0.4, 0.5) is 10.2 Å². The highest BCUT2D eigenvalue weighted by molar-refractivity contribution is 7.17. The van der Waals surface area contributed by atoms with Crippen LogP contribution in [0, 0.1) is 5.82 Å². The molecule has 0 bridgehead atoms. The summed E-state index contributed by atoms with van der Waals surface area (Å²) in [6.07, 6.45) is 2.11. The van der Waals surface area contributed by atoms with Crippen molar-refractivity contribution in [3.05, 3.63) is 77.2 Å². The zero-order valence-corrected chi connectivity index (χ0v) is 17.0. The minimum absolute atomic E-state index is 0.189. The average Bonchev–Trinajstić information content (AvgIpc) is 3.41. The molecule has 5 aromatic rings. The number of nitrogens with one attached hydrogen (secondary N) is 2. The normalized spacial score (nSPS) is 11.3. The van der Waals surface area contributed by atoms with Gasteiger partial charge < -0.3 is 15.4 Å². The Morgan fingerprint density at radius 2 is 2.06 bits per heavy atom. The number of aromatic carboxylic acids is 1. The molecule has 31 heavy (non-hydrogen) atoms. The van der Waals surface area contributed by atoms with E-state index in [9.17, 15) is 14.3 Å². The fourth-order valence-corrected chi connectivity index (χ4v) is 4.44. The molecule has 8 heteroatoms. The van der Waals surface area contributed by atoms with Gasteiger partial charge in [0.05, 0.1) is 21.7 Å². The maximum atomic E-state index is 14.2. The Bertz CT molecular complexity index is 1430. The number of carboxylic acid groups (broad SMARTS) is 1. The Morgan fingerprint density at radius 1 is 1.16 bits per heavy atom. The van der Waals surface area contributed by atoms with E-state index in [1.807, 2.05) is 23.6 Å². The number of H-pyrrole nitrogens is 1. The van der Waals surface area contributed by atoms with Gasteiger partial charge in [0.1, 0.15) is 18.0 Å². The van der Waals surface area contributed by atoms with Crippen LogP contribution in [0.5, 0.6) is 0 Å². The third-order valence-corrected chi connectivity index (χ3v) is 6.06. The highest BCUT2D eigenvalue weighted by atomic mass is 32.1. The predicted octanol–water partition coefficient (Wildman–Crippen LogP) is 5.33. The predicted molar refractivity (Wildman–Crippen MR) is 120 cm³/mol. The van der Waals surface area contributed by atoms with Crippen LogP contribution in [0.15, 0.2) is 60.2 Å². The van der Waals surface area contributed by atoms with E-state index in [0.717, 1.165) is 16.5 Å². The molecule has 0 amide bonds. The van der Waals surface area contributed by atoms with Crippen molar-refractivity contribution in [1.82, 2.24) is 15.0 Å². The summed E-state index contributed by atoms with van der Waals surface area (Å²) in [5.74, 6) is -0.524. The van der Waals surface area contributed by atoms with Crippen molar-refractivity contribution in [2.75, 3.05) is 11.9 Å². The van der Waals surface area contributed by atoms with E-state index in [2.05, 4.69) is 20.3 Å². The number of hydrogen-bond donors (Lipinski definition) is 3. The number of halogens is 1. The lowest BCUT2D eigenvalue weighted by atomic mass is 10.1. The van der Waals surface area contributed by atoms with Crippen molar-refractivity contribution in [3.8, 4) is 11.4 Å². The number of aromatic nitrogens is 3. The lowest BCUT2D eigenvalue weighted by molar-refractivity contribution is 0.0699. The number of benzene rings is 2. The number of fused-ring (bicyclic) bond motifs is 2. The minimum Gasteiger partial charge on any atom is -0.478 e. The molecule has 0 aliphatic carbocycles. The van der Waals surface area contributed by atoms with Gasteiger partial charge in [0.2, 0.25) is 0 Å². The summed E-state index contributed by atoms with van der Waals surface area (Å²) >= 11 is 1.40. The van der Waals surface area contributed by atoms with Crippen LogP contribution >= 0.6 is 11.3 Å². The summed E-state index contributed by atoms with van der Waals surface area (Å²) in [5, 5.41) is 16.1. The molecule has 3 aromatic heterocycles. The van der Waals surface area contributed by atoms with Gasteiger partial charge in [-0.05, 0) is 53.1 Å². The van der Waals surface area contributed by atoms with Crippen molar-refractivity contribution < 1.29 is 14.3 Å². The van der Waals surface area contributed by atoms with Gasteiger partial charge in [0, 0.05) is 23.5 Å². The monoisotopic (exact) mass is 432 g/mol. The van der Waals surface area contributed by atoms with Gasteiger partial charge in [-0.1, -0.05) is 12.1 Å². The molecule has 0 saturated heterocycles. The lowest BCUT2D eigenvalue weighted by Gasteiger charge is -2.07. The highest BCUT2D eigenvalue weighted by Gasteiger charge is 2.13. The first-order chi connectivity index (χ1) is 15.1. The van der Waals surface area contributed by atoms with Gasteiger partial charge in [-0.2, -0.15) is 0 Å². The van der Waals surface area contributed by atoms with E-state index in [1.165, 1.54) is 17.7 Å². The number of rotatable bonds is 6. The number of thiophene rings is 1. The van der Waals surface area contributed by atoms with E-state index in [0.29, 0.717) is 40.3 Å². The molecule has 0 aliphatic heterocycles. The number of anilines is 1. The van der Waals surface area contributed by atoms with Crippen LogP contribution in [-0.2, 0) is 6.42 Å². The van der Waals surface area contributed by atoms with Gasteiger partial charge in [-0.3, -0.25) is 0 Å². The number of carbonyl (C=O) groups is 1. The first-order valence-electron chi connectivity index (χ1n) is 9.65. The molecule has 0 radical (unpaired) electrons. The van der Waals surface area contributed by atoms with Gasteiger partial charge in [-0.25, -0.2) is 19.2 Å². The molecule has 3 N–H and O–H groups in total. The second-order valence-corrected chi connectivity index (χ2v) is 8.05. The molecule has 0 spiro atoms. The van der Waals surface area contributed by atoms with Crippen molar-refractivity contribution >= 4 is 44.1 Å². The van der Waals surface area contributed by atoms with Crippen LogP contribution in [0.2, 0.25) is 0 Å². The highest BCUT2D eigenvalue weighted by Crippen LogP contribution is 2.27. The maximum Gasteiger partial charge on any atom is 0.336 e. The lowest BCUT2D eigenvalue weighted by Crippen LogP contribution is -2.07. The van der Waals surface area contributed by atoms with Gasteiger partial charge >= 0.3 is 5.97 Å². The van der Waals surface area contributed by atoms with Crippen molar-refractivity contribution in [2.24, 2.45) is 0 Å². The zero-order chi connectivity index (χ0) is 21.4. The molecule has 0 atom stereocenters. The van der Waals surface area contributed by atoms with Gasteiger partial charge in [0.15, 0.2) is 0 Å². The van der Waals surface area contributed by atoms with Gasteiger partial charge in [-0.15, -0.1) is 11.3 Å². The molecule has 0 unspecified atom stereocenters. The SMILES string of the molecule is O=C(O)c1cccc2[nH]c(-c3cc(NCCc4cc(F)c5sccc5c4)ncn3)cc12. The number of carboxylic acids is 1. The summed E-state index contributed by atoms with van der Waals surface area (Å²) in [7, 11) is 0. The summed E-state index contributed by atoms with van der Waals surface area (Å²) in [4.78, 5) is 23.2. The van der Waals surface area contributed by atoms with E-state index in [4.69, 9.17) is 0 Å². The Morgan fingerprint density at radius 3 is 2.94 bits per heavy atom. The first kappa shape index (κ1) is 19.2. The Balaban J connectivity index is 1.34. The fourth-order valence-electron chi connectivity index (χ4n) is 3.66. The first-order valence-corrected chi connectivity index (χ1v) is 10.5. The summed E-state index contributed by atoms with van der Waals surface area (Å²) in [6, 6.07) is 14.2. The molecule has 0 aliphatic rings. The zero-order valence-electron chi connectivity index (χ0n) is 16.2. The molecule has 0 saturated carbocycles. The van der Waals surface area contributed by atoms with E-state index < -0.39 is 5.97 Å². The Kier molecular flexibility index (Phi) is 4.83. The van der Waals surface area contributed by atoms with E-state index in [-0.39, 0.29) is 11.4 Å². The molecule has 6 nitrogen and oxygen atoms in total. The largest absolute Gasteiger partial charge is 0.478 e. The van der Waals surface area contributed by atoms with Gasteiger partial charge in [0.25, 0.3) is 0 Å². The number of aromatic amines is 1. The smallest absolute Gasteiger partial charge is 0.336 e. The summed E-state index contributed by atoms with van der Waals surface area (Å²) in [6.45, 7) is 0.585. The molecular formula is C23H17FN4O2S. The van der Waals surface area contributed by atoms with Crippen LogP contribution < -0.4 is 5.32 Å². The molecule has 3 heterocycles. The second-order valence-electron chi connectivity index (χ2n) is 7.14. The van der Waals surface area contributed by atoms with Crippen molar-refractivity contribution in [3.63, 3.8) is 0 Å².